The lowest BCUT2D eigenvalue weighted by Gasteiger charge is -2.29. The average Bonchev–Trinajstić information content (AvgIpc) is 2.67. The molecule has 6 heteroatoms. The van der Waals surface area contributed by atoms with Crippen molar-refractivity contribution in [1.29, 1.82) is 0 Å². The zero-order chi connectivity index (χ0) is 20.3. The van der Waals surface area contributed by atoms with Gasteiger partial charge in [-0.2, -0.15) is 0 Å². The normalized spacial score (nSPS) is 16.5. The molecule has 0 saturated carbocycles. The van der Waals surface area contributed by atoms with Crippen molar-refractivity contribution in [3.05, 3.63) is 70.9 Å². The van der Waals surface area contributed by atoms with Crippen LogP contribution in [0.5, 0.6) is 5.75 Å². The topological polar surface area (TPSA) is 79.5 Å². The SMILES string of the molecule is COc1ccccc1NC(=O)C1=C(C)NC(=O)N[C@H]1c1ccc(C(C)C)cc1. The number of benzene rings is 2. The Balaban J connectivity index is 1.94. The number of rotatable bonds is 5. The quantitative estimate of drug-likeness (QED) is 0.732. The minimum absolute atomic E-state index is 0.299. The highest BCUT2D eigenvalue weighted by molar-refractivity contribution is 6.07. The van der Waals surface area contributed by atoms with Gasteiger partial charge < -0.3 is 20.7 Å². The summed E-state index contributed by atoms with van der Waals surface area (Å²) in [6, 6.07) is 14.3. The smallest absolute Gasteiger partial charge is 0.319 e. The molecule has 0 unspecified atom stereocenters. The molecular formula is C22H25N3O3. The van der Waals surface area contributed by atoms with Gasteiger partial charge in [0.15, 0.2) is 0 Å². The number of carbonyl (C=O) groups is 2. The van der Waals surface area contributed by atoms with Gasteiger partial charge in [-0.1, -0.05) is 50.2 Å². The second-order valence-electron chi connectivity index (χ2n) is 7.05. The monoisotopic (exact) mass is 379 g/mol. The van der Waals surface area contributed by atoms with Gasteiger partial charge in [-0.25, -0.2) is 4.79 Å². The number of ether oxygens (including phenoxy) is 1. The first-order valence-corrected chi connectivity index (χ1v) is 9.23. The van der Waals surface area contributed by atoms with Crippen molar-refractivity contribution in [2.24, 2.45) is 0 Å². The van der Waals surface area contributed by atoms with Crippen molar-refractivity contribution in [2.45, 2.75) is 32.7 Å². The second-order valence-corrected chi connectivity index (χ2v) is 7.05. The number of anilines is 1. The van der Waals surface area contributed by atoms with Gasteiger partial charge in [-0.15, -0.1) is 0 Å². The Kier molecular flexibility index (Phi) is 5.68. The maximum atomic E-state index is 13.1. The third-order valence-electron chi connectivity index (χ3n) is 4.81. The van der Waals surface area contributed by atoms with E-state index < -0.39 is 6.04 Å². The van der Waals surface area contributed by atoms with Crippen LogP contribution in [0.4, 0.5) is 10.5 Å². The fourth-order valence-electron chi connectivity index (χ4n) is 3.26. The van der Waals surface area contributed by atoms with Gasteiger partial charge in [-0.3, -0.25) is 4.79 Å². The van der Waals surface area contributed by atoms with Gasteiger partial charge >= 0.3 is 6.03 Å². The Morgan fingerprint density at radius 3 is 2.43 bits per heavy atom. The molecule has 2 aromatic carbocycles. The van der Waals surface area contributed by atoms with Crippen molar-refractivity contribution in [1.82, 2.24) is 10.6 Å². The molecule has 1 atom stereocenters. The lowest BCUT2D eigenvalue weighted by Crippen LogP contribution is -2.46. The molecule has 0 bridgehead atoms. The summed E-state index contributed by atoms with van der Waals surface area (Å²) in [7, 11) is 1.55. The summed E-state index contributed by atoms with van der Waals surface area (Å²) < 4.78 is 5.31. The van der Waals surface area contributed by atoms with Gasteiger partial charge in [0.1, 0.15) is 5.75 Å². The van der Waals surface area contributed by atoms with Crippen molar-refractivity contribution >= 4 is 17.6 Å². The second kappa shape index (κ2) is 8.17. The highest BCUT2D eigenvalue weighted by Crippen LogP contribution is 2.30. The number of hydrogen-bond donors (Lipinski definition) is 3. The zero-order valence-electron chi connectivity index (χ0n) is 16.5. The Labute approximate surface area is 165 Å². The fraction of sp³-hybridized carbons (Fsp3) is 0.273. The van der Waals surface area contributed by atoms with E-state index >= 15 is 0 Å². The summed E-state index contributed by atoms with van der Waals surface area (Å²) in [5.41, 5.74) is 3.60. The van der Waals surface area contributed by atoms with E-state index in [1.165, 1.54) is 5.56 Å². The molecule has 3 N–H and O–H groups in total. The third-order valence-corrected chi connectivity index (χ3v) is 4.81. The average molecular weight is 379 g/mol. The minimum Gasteiger partial charge on any atom is -0.495 e. The maximum Gasteiger partial charge on any atom is 0.319 e. The zero-order valence-corrected chi connectivity index (χ0v) is 16.5. The van der Waals surface area contributed by atoms with Crippen LogP contribution in [-0.4, -0.2) is 19.0 Å². The van der Waals surface area contributed by atoms with E-state index in [1.807, 2.05) is 36.4 Å². The summed E-state index contributed by atoms with van der Waals surface area (Å²) in [6.45, 7) is 5.97. The minimum atomic E-state index is -0.537. The number of methoxy groups -OCH3 is 1. The number of hydrogen-bond acceptors (Lipinski definition) is 3. The number of nitrogens with one attached hydrogen (secondary N) is 3. The molecule has 28 heavy (non-hydrogen) atoms. The molecule has 6 nitrogen and oxygen atoms in total. The third kappa shape index (κ3) is 4.01. The maximum absolute atomic E-state index is 13.1. The van der Waals surface area contributed by atoms with Crippen LogP contribution in [-0.2, 0) is 4.79 Å². The van der Waals surface area contributed by atoms with E-state index in [0.29, 0.717) is 28.6 Å². The number of amides is 3. The summed E-state index contributed by atoms with van der Waals surface area (Å²) in [4.78, 5) is 25.1. The molecule has 0 radical (unpaired) electrons. The fourth-order valence-corrected chi connectivity index (χ4v) is 3.26. The van der Waals surface area contributed by atoms with E-state index in [4.69, 9.17) is 4.74 Å². The first-order chi connectivity index (χ1) is 13.4. The highest BCUT2D eigenvalue weighted by atomic mass is 16.5. The summed E-state index contributed by atoms with van der Waals surface area (Å²) in [6.07, 6.45) is 0. The molecule has 1 aliphatic heterocycles. The molecule has 3 amide bonds. The Bertz CT molecular complexity index is 917. The van der Waals surface area contributed by atoms with E-state index in [0.717, 1.165) is 5.56 Å². The largest absolute Gasteiger partial charge is 0.495 e. The molecule has 0 spiro atoms. The summed E-state index contributed by atoms with van der Waals surface area (Å²) >= 11 is 0. The van der Waals surface area contributed by atoms with Crippen LogP contribution in [0.3, 0.4) is 0 Å². The summed E-state index contributed by atoms with van der Waals surface area (Å²) in [5.74, 6) is 0.675. The van der Waals surface area contributed by atoms with Gasteiger partial charge in [0.2, 0.25) is 0 Å². The van der Waals surface area contributed by atoms with E-state index in [9.17, 15) is 9.59 Å². The van der Waals surface area contributed by atoms with Crippen LogP contribution in [0, 0.1) is 0 Å². The van der Waals surface area contributed by atoms with Crippen molar-refractivity contribution in [3.8, 4) is 5.75 Å². The van der Waals surface area contributed by atoms with E-state index in [2.05, 4.69) is 29.8 Å². The van der Waals surface area contributed by atoms with Crippen molar-refractivity contribution in [3.63, 3.8) is 0 Å². The van der Waals surface area contributed by atoms with Crippen LogP contribution in [0.25, 0.3) is 0 Å². The standard InChI is InChI=1S/C22H25N3O3/c1-13(2)15-9-11-16(12-10-15)20-19(14(3)23-22(27)25-20)21(26)24-17-7-5-6-8-18(17)28-4/h5-13,20H,1-4H3,(H,24,26)(H2,23,25,27)/t20-/m0/s1. The molecule has 0 saturated heterocycles. The van der Waals surface area contributed by atoms with E-state index in [-0.39, 0.29) is 11.9 Å². The van der Waals surface area contributed by atoms with Gasteiger partial charge in [0.05, 0.1) is 24.4 Å². The van der Waals surface area contributed by atoms with E-state index in [1.54, 1.807) is 26.2 Å². The molecular weight excluding hydrogens is 354 g/mol. The lowest BCUT2D eigenvalue weighted by atomic mass is 9.92. The van der Waals surface area contributed by atoms with Gasteiger partial charge in [-0.05, 0) is 36.1 Å². The molecule has 2 aromatic rings. The number of para-hydroxylation sites is 2. The van der Waals surface area contributed by atoms with Crippen molar-refractivity contribution in [2.75, 3.05) is 12.4 Å². The number of carbonyl (C=O) groups excluding carboxylic acids is 2. The molecule has 1 aliphatic rings. The molecule has 0 fully saturated rings. The summed E-state index contributed by atoms with van der Waals surface area (Å²) in [5, 5.41) is 8.44. The van der Waals surface area contributed by atoms with Gasteiger partial charge in [0, 0.05) is 5.70 Å². The molecule has 146 valence electrons. The van der Waals surface area contributed by atoms with Gasteiger partial charge in [0.25, 0.3) is 5.91 Å². The Hall–Kier alpha value is -3.28. The van der Waals surface area contributed by atoms with Crippen LogP contribution in [0.1, 0.15) is 43.9 Å². The Morgan fingerprint density at radius 1 is 1.11 bits per heavy atom. The molecule has 0 aliphatic carbocycles. The van der Waals surface area contributed by atoms with Crippen LogP contribution < -0.4 is 20.7 Å². The molecule has 0 aromatic heterocycles. The van der Waals surface area contributed by atoms with Crippen LogP contribution in [0.15, 0.2) is 59.8 Å². The van der Waals surface area contributed by atoms with Crippen LogP contribution in [0.2, 0.25) is 0 Å². The van der Waals surface area contributed by atoms with Crippen LogP contribution >= 0.6 is 0 Å². The highest BCUT2D eigenvalue weighted by Gasteiger charge is 2.31. The number of urea groups is 1. The Morgan fingerprint density at radius 2 is 1.79 bits per heavy atom. The molecule has 3 rings (SSSR count). The first kappa shape index (κ1) is 19.5. The first-order valence-electron chi connectivity index (χ1n) is 9.23. The lowest BCUT2D eigenvalue weighted by molar-refractivity contribution is -0.113. The predicted molar refractivity (Wildman–Crippen MR) is 109 cm³/mol. The van der Waals surface area contributed by atoms with Crippen molar-refractivity contribution < 1.29 is 14.3 Å². The predicted octanol–water partition coefficient (Wildman–Crippen LogP) is 4.09. The number of allylic oxidation sites excluding steroid dienone is 1. The molecule has 1 heterocycles.